The van der Waals surface area contributed by atoms with E-state index in [9.17, 15) is 0 Å². The van der Waals surface area contributed by atoms with E-state index >= 15 is 0 Å². The zero-order valence-corrected chi connectivity index (χ0v) is 12.2. The first-order valence-electron chi connectivity index (χ1n) is 7.86. The summed E-state index contributed by atoms with van der Waals surface area (Å²) < 4.78 is 0. The fourth-order valence-electron chi connectivity index (χ4n) is 3.00. The smallest absolute Gasteiger partial charge is 0.0279 e. The lowest BCUT2D eigenvalue weighted by atomic mass is 9.90. The molecule has 1 aromatic carbocycles. The van der Waals surface area contributed by atoms with Crippen LogP contribution in [0.1, 0.15) is 51.0 Å². The van der Waals surface area contributed by atoms with Crippen molar-refractivity contribution in [3.8, 4) is 0 Å². The Morgan fingerprint density at radius 1 is 1.16 bits per heavy atom. The molecule has 0 spiro atoms. The molecule has 1 heteroatoms. The maximum atomic E-state index is 3.67. The van der Waals surface area contributed by atoms with Gasteiger partial charge in [-0.2, -0.15) is 0 Å². The van der Waals surface area contributed by atoms with Crippen molar-refractivity contribution in [2.75, 3.05) is 6.54 Å². The van der Waals surface area contributed by atoms with Crippen LogP contribution in [0.25, 0.3) is 0 Å². The molecule has 0 heterocycles. The highest BCUT2D eigenvalue weighted by Gasteiger charge is 2.14. The van der Waals surface area contributed by atoms with E-state index < -0.39 is 0 Å². The number of hydrogen-bond donors (Lipinski definition) is 1. The van der Waals surface area contributed by atoms with Crippen molar-refractivity contribution in [3.63, 3.8) is 0 Å². The molecule has 0 aliphatic heterocycles. The lowest BCUT2D eigenvalue weighted by Gasteiger charge is -2.24. The van der Waals surface area contributed by atoms with Gasteiger partial charge in [0.25, 0.3) is 0 Å². The number of aryl methyl sites for hydroxylation is 1. The van der Waals surface area contributed by atoms with Crippen molar-refractivity contribution in [1.82, 2.24) is 5.32 Å². The Labute approximate surface area is 118 Å². The van der Waals surface area contributed by atoms with Crippen LogP contribution in [-0.2, 0) is 6.42 Å². The van der Waals surface area contributed by atoms with Gasteiger partial charge in [-0.1, -0.05) is 48.9 Å². The minimum absolute atomic E-state index is 0.619. The topological polar surface area (TPSA) is 12.0 Å². The molecule has 19 heavy (non-hydrogen) atoms. The summed E-state index contributed by atoms with van der Waals surface area (Å²) >= 11 is 0. The molecule has 1 unspecified atom stereocenters. The van der Waals surface area contributed by atoms with Crippen LogP contribution in [0.5, 0.6) is 0 Å². The molecule has 0 radical (unpaired) electrons. The van der Waals surface area contributed by atoms with E-state index in [1.165, 1.54) is 50.5 Å². The fourth-order valence-corrected chi connectivity index (χ4v) is 3.00. The van der Waals surface area contributed by atoms with Crippen LogP contribution in [0.4, 0.5) is 0 Å². The average molecular weight is 257 g/mol. The molecule has 0 saturated carbocycles. The second kappa shape index (κ2) is 8.16. The van der Waals surface area contributed by atoms with Gasteiger partial charge >= 0.3 is 0 Å². The van der Waals surface area contributed by atoms with Gasteiger partial charge in [0.2, 0.25) is 0 Å². The molecule has 1 aromatic rings. The normalized spacial score (nSPS) is 17.0. The lowest BCUT2D eigenvalue weighted by molar-refractivity contribution is 0.501. The number of hydrogen-bond acceptors (Lipinski definition) is 1. The van der Waals surface area contributed by atoms with Gasteiger partial charge in [0.05, 0.1) is 0 Å². The van der Waals surface area contributed by atoms with Crippen LogP contribution < -0.4 is 5.32 Å². The minimum Gasteiger partial charge on any atom is -0.311 e. The van der Waals surface area contributed by atoms with Crippen LogP contribution in [-0.4, -0.2) is 12.6 Å². The average Bonchev–Trinajstić information content (AvgIpc) is 2.48. The van der Waals surface area contributed by atoms with Crippen LogP contribution in [0.3, 0.4) is 0 Å². The number of nitrogens with one attached hydrogen (secondary N) is 1. The number of rotatable bonds is 7. The summed E-state index contributed by atoms with van der Waals surface area (Å²) in [6, 6.07) is 11.5. The van der Waals surface area contributed by atoms with Crippen LogP contribution >= 0.6 is 0 Å². The van der Waals surface area contributed by atoms with Crippen molar-refractivity contribution in [3.05, 3.63) is 47.5 Å². The third-order valence-corrected chi connectivity index (χ3v) is 4.03. The van der Waals surface area contributed by atoms with E-state index in [0.29, 0.717) is 6.04 Å². The Hall–Kier alpha value is -1.08. The standard InChI is InChI=1S/C18H27N/c1-2-19-18(17-13-7-4-8-14-17)15-9-12-16-10-5-3-6-11-16/h3,5-6,10-11,13,18-19H,2,4,7-9,12,14-15H2,1H3. The maximum absolute atomic E-state index is 3.67. The van der Waals surface area contributed by atoms with Gasteiger partial charge < -0.3 is 5.32 Å². The predicted octanol–water partition coefficient (Wildman–Crippen LogP) is 4.49. The minimum atomic E-state index is 0.619. The Morgan fingerprint density at radius 3 is 2.68 bits per heavy atom. The van der Waals surface area contributed by atoms with Gasteiger partial charge in [-0.25, -0.2) is 0 Å². The first-order chi connectivity index (χ1) is 9.40. The highest BCUT2D eigenvalue weighted by atomic mass is 14.9. The lowest BCUT2D eigenvalue weighted by Crippen LogP contribution is -2.31. The largest absolute Gasteiger partial charge is 0.311 e. The van der Waals surface area contributed by atoms with E-state index in [-0.39, 0.29) is 0 Å². The Kier molecular flexibility index (Phi) is 6.16. The van der Waals surface area contributed by atoms with Crippen LogP contribution in [0, 0.1) is 0 Å². The summed E-state index contributed by atoms with van der Waals surface area (Å²) in [7, 11) is 0. The van der Waals surface area contributed by atoms with Crippen molar-refractivity contribution in [1.29, 1.82) is 0 Å². The Balaban J connectivity index is 1.81. The number of likely N-dealkylation sites (N-methyl/N-ethyl adjacent to an activating group) is 1. The molecule has 1 N–H and O–H groups in total. The molecule has 2 rings (SSSR count). The molecule has 1 aliphatic rings. The molecule has 104 valence electrons. The van der Waals surface area contributed by atoms with Crippen LogP contribution in [0.15, 0.2) is 42.0 Å². The van der Waals surface area contributed by atoms with E-state index in [0.717, 1.165) is 6.54 Å². The first-order valence-corrected chi connectivity index (χ1v) is 7.86. The SMILES string of the molecule is CCNC(CCCc1ccccc1)C1=CCCCC1. The predicted molar refractivity (Wildman–Crippen MR) is 83.4 cm³/mol. The second-order valence-corrected chi connectivity index (χ2v) is 5.51. The third-order valence-electron chi connectivity index (χ3n) is 4.03. The third kappa shape index (κ3) is 4.83. The van der Waals surface area contributed by atoms with Gasteiger partial charge in [0.15, 0.2) is 0 Å². The monoisotopic (exact) mass is 257 g/mol. The fraction of sp³-hybridized carbons (Fsp3) is 0.556. The van der Waals surface area contributed by atoms with Gasteiger partial charge in [-0.05, 0) is 57.1 Å². The quantitative estimate of drug-likeness (QED) is 0.710. The Bertz CT molecular complexity index is 380. The highest BCUT2D eigenvalue weighted by molar-refractivity contribution is 5.16. The van der Waals surface area contributed by atoms with Crippen molar-refractivity contribution in [2.24, 2.45) is 0 Å². The highest BCUT2D eigenvalue weighted by Crippen LogP contribution is 2.23. The molecule has 1 nitrogen and oxygen atoms in total. The molecular formula is C18H27N. The molecule has 0 fully saturated rings. The number of allylic oxidation sites excluding steroid dienone is 1. The van der Waals surface area contributed by atoms with Gasteiger partial charge in [-0.15, -0.1) is 0 Å². The van der Waals surface area contributed by atoms with Gasteiger partial charge in [-0.3, -0.25) is 0 Å². The maximum Gasteiger partial charge on any atom is 0.0279 e. The summed E-state index contributed by atoms with van der Waals surface area (Å²) in [4.78, 5) is 0. The molecule has 1 atom stereocenters. The Morgan fingerprint density at radius 2 is 2.00 bits per heavy atom. The van der Waals surface area contributed by atoms with E-state index in [2.05, 4.69) is 48.6 Å². The summed E-state index contributed by atoms with van der Waals surface area (Å²) in [5.74, 6) is 0. The molecule has 1 aliphatic carbocycles. The summed E-state index contributed by atoms with van der Waals surface area (Å²) in [6.45, 7) is 3.29. The zero-order valence-electron chi connectivity index (χ0n) is 12.2. The molecular weight excluding hydrogens is 230 g/mol. The van der Waals surface area contributed by atoms with Gasteiger partial charge in [0.1, 0.15) is 0 Å². The molecule has 0 saturated heterocycles. The number of benzene rings is 1. The second-order valence-electron chi connectivity index (χ2n) is 5.51. The molecule has 0 bridgehead atoms. The van der Waals surface area contributed by atoms with Crippen molar-refractivity contribution in [2.45, 2.75) is 57.9 Å². The zero-order chi connectivity index (χ0) is 13.3. The molecule has 0 amide bonds. The summed E-state index contributed by atoms with van der Waals surface area (Å²) in [5, 5.41) is 3.67. The van der Waals surface area contributed by atoms with Gasteiger partial charge in [0, 0.05) is 6.04 Å². The summed E-state index contributed by atoms with van der Waals surface area (Å²) in [6.07, 6.45) is 11.6. The summed E-state index contributed by atoms with van der Waals surface area (Å²) in [5.41, 5.74) is 3.14. The van der Waals surface area contributed by atoms with Crippen LogP contribution in [0.2, 0.25) is 0 Å². The van der Waals surface area contributed by atoms with E-state index in [1.807, 2.05) is 0 Å². The van der Waals surface area contributed by atoms with Crippen molar-refractivity contribution >= 4 is 0 Å². The first kappa shape index (κ1) is 14.3. The molecule has 0 aromatic heterocycles. The van der Waals surface area contributed by atoms with Crippen molar-refractivity contribution < 1.29 is 0 Å². The van der Waals surface area contributed by atoms with E-state index in [4.69, 9.17) is 0 Å². The van der Waals surface area contributed by atoms with E-state index in [1.54, 1.807) is 5.57 Å².